The lowest BCUT2D eigenvalue weighted by molar-refractivity contribution is -0.299. The third-order valence-electron chi connectivity index (χ3n) is 4.94. The van der Waals surface area contributed by atoms with Crippen LogP contribution < -0.4 is 5.63 Å². The standard InChI is InChI=1S/C20H24O10/c1-9(8-28-20-17(26)16(25)15(24)14(7-21)29-20)2-4-11-12(22)5-3-10-6-13(23)19(27)30-18(10)11/h2-3,5-6,14-17,20-26H,4,7-8H2,1H3. The Morgan fingerprint density at radius 2 is 1.87 bits per heavy atom. The number of hydrogen-bond donors (Lipinski definition) is 6. The Balaban J connectivity index is 1.71. The number of aromatic hydroxyl groups is 2. The number of rotatable bonds is 6. The highest BCUT2D eigenvalue weighted by Crippen LogP contribution is 2.29. The molecule has 10 nitrogen and oxygen atoms in total. The first-order chi connectivity index (χ1) is 14.2. The second kappa shape index (κ2) is 9.13. The molecule has 0 bridgehead atoms. The Morgan fingerprint density at radius 3 is 2.57 bits per heavy atom. The summed E-state index contributed by atoms with van der Waals surface area (Å²) in [5, 5.41) is 58.9. The summed E-state index contributed by atoms with van der Waals surface area (Å²) in [6, 6.07) is 4.18. The smallest absolute Gasteiger partial charge is 0.378 e. The number of phenols is 1. The Morgan fingerprint density at radius 1 is 1.13 bits per heavy atom. The van der Waals surface area contributed by atoms with Crippen LogP contribution in [-0.4, -0.2) is 74.6 Å². The molecule has 1 fully saturated rings. The number of aliphatic hydroxyl groups is 4. The lowest BCUT2D eigenvalue weighted by Crippen LogP contribution is -2.59. The minimum absolute atomic E-state index is 0.0149. The van der Waals surface area contributed by atoms with Crippen molar-refractivity contribution in [2.75, 3.05) is 13.2 Å². The van der Waals surface area contributed by atoms with E-state index in [2.05, 4.69) is 0 Å². The molecule has 30 heavy (non-hydrogen) atoms. The Bertz CT molecular complexity index is 979. The first-order valence-electron chi connectivity index (χ1n) is 9.28. The van der Waals surface area contributed by atoms with Gasteiger partial charge < -0.3 is 44.5 Å². The van der Waals surface area contributed by atoms with E-state index in [4.69, 9.17) is 13.9 Å². The Kier molecular flexibility index (Phi) is 6.76. The van der Waals surface area contributed by atoms with Crippen LogP contribution in [0.4, 0.5) is 0 Å². The molecule has 6 N–H and O–H groups in total. The van der Waals surface area contributed by atoms with Gasteiger partial charge in [0, 0.05) is 10.9 Å². The van der Waals surface area contributed by atoms with Crippen molar-refractivity contribution in [2.24, 2.45) is 0 Å². The van der Waals surface area contributed by atoms with E-state index in [1.165, 1.54) is 18.2 Å². The van der Waals surface area contributed by atoms with Crippen LogP contribution in [-0.2, 0) is 15.9 Å². The average molecular weight is 424 g/mol. The fourth-order valence-corrected chi connectivity index (χ4v) is 3.17. The van der Waals surface area contributed by atoms with Crippen molar-refractivity contribution in [2.45, 2.75) is 44.1 Å². The van der Waals surface area contributed by atoms with Crippen LogP contribution in [0.25, 0.3) is 11.0 Å². The van der Waals surface area contributed by atoms with Gasteiger partial charge in [0.05, 0.1) is 13.2 Å². The molecule has 1 aliphatic heterocycles. The zero-order valence-corrected chi connectivity index (χ0v) is 16.1. The van der Waals surface area contributed by atoms with E-state index in [1.807, 2.05) is 0 Å². The third kappa shape index (κ3) is 4.48. The topological polar surface area (TPSA) is 170 Å². The van der Waals surface area contributed by atoms with E-state index in [1.54, 1.807) is 13.0 Å². The quantitative estimate of drug-likeness (QED) is 0.263. The van der Waals surface area contributed by atoms with Gasteiger partial charge in [-0.25, -0.2) is 4.79 Å². The molecule has 1 aromatic carbocycles. The van der Waals surface area contributed by atoms with E-state index in [0.717, 1.165) is 0 Å². The van der Waals surface area contributed by atoms with Crippen molar-refractivity contribution in [1.29, 1.82) is 0 Å². The van der Waals surface area contributed by atoms with Gasteiger partial charge in [-0.15, -0.1) is 0 Å². The molecule has 164 valence electrons. The maximum atomic E-state index is 11.6. The number of allylic oxidation sites excluding steroid dienone is 1. The lowest BCUT2D eigenvalue weighted by atomic mass is 9.99. The Labute approximate surface area is 170 Å². The summed E-state index contributed by atoms with van der Waals surface area (Å²) >= 11 is 0. The summed E-state index contributed by atoms with van der Waals surface area (Å²) in [5.41, 5.74) is 0.249. The monoisotopic (exact) mass is 424 g/mol. The van der Waals surface area contributed by atoms with E-state index < -0.39 is 48.7 Å². The maximum Gasteiger partial charge on any atom is 0.378 e. The van der Waals surface area contributed by atoms with Crippen molar-refractivity contribution in [1.82, 2.24) is 0 Å². The van der Waals surface area contributed by atoms with Crippen LogP contribution in [0.5, 0.6) is 11.5 Å². The number of phenolic OH excluding ortho intramolecular Hbond substituents is 1. The van der Waals surface area contributed by atoms with Crippen molar-refractivity contribution in [3.05, 3.63) is 45.8 Å². The van der Waals surface area contributed by atoms with Crippen molar-refractivity contribution in [3.8, 4) is 11.5 Å². The maximum absolute atomic E-state index is 11.6. The van der Waals surface area contributed by atoms with Gasteiger partial charge in [0.1, 0.15) is 35.7 Å². The summed E-state index contributed by atoms with van der Waals surface area (Å²) in [7, 11) is 0. The summed E-state index contributed by atoms with van der Waals surface area (Å²) in [6.07, 6.45) is -4.94. The number of aliphatic hydroxyl groups excluding tert-OH is 4. The number of hydrogen-bond acceptors (Lipinski definition) is 10. The van der Waals surface area contributed by atoms with Crippen molar-refractivity contribution in [3.63, 3.8) is 0 Å². The van der Waals surface area contributed by atoms with Crippen LogP contribution in [0.3, 0.4) is 0 Å². The second-order valence-corrected chi connectivity index (χ2v) is 7.16. The van der Waals surface area contributed by atoms with Gasteiger partial charge in [-0.3, -0.25) is 0 Å². The van der Waals surface area contributed by atoms with Gasteiger partial charge in [0.15, 0.2) is 6.29 Å². The van der Waals surface area contributed by atoms with Crippen molar-refractivity contribution < 1.29 is 44.5 Å². The molecule has 3 rings (SSSR count). The van der Waals surface area contributed by atoms with Crippen LogP contribution in [0.15, 0.2) is 39.1 Å². The number of fused-ring (bicyclic) bond motifs is 1. The van der Waals surface area contributed by atoms with Gasteiger partial charge in [0.25, 0.3) is 0 Å². The molecule has 0 aliphatic carbocycles. The van der Waals surface area contributed by atoms with E-state index in [-0.39, 0.29) is 24.4 Å². The lowest BCUT2D eigenvalue weighted by Gasteiger charge is -2.39. The molecule has 2 aromatic rings. The molecule has 0 spiro atoms. The first kappa shape index (κ1) is 22.2. The molecule has 0 radical (unpaired) electrons. The highest BCUT2D eigenvalue weighted by Gasteiger charge is 2.43. The first-order valence-corrected chi connectivity index (χ1v) is 9.28. The fourth-order valence-electron chi connectivity index (χ4n) is 3.17. The van der Waals surface area contributed by atoms with Gasteiger partial charge in [-0.2, -0.15) is 0 Å². The van der Waals surface area contributed by atoms with Crippen molar-refractivity contribution >= 4 is 11.0 Å². The summed E-state index contributed by atoms with van der Waals surface area (Å²) < 4.78 is 15.8. The molecule has 1 saturated heterocycles. The predicted molar refractivity (Wildman–Crippen MR) is 103 cm³/mol. The second-order valence-electron chi connectivity index (χ2n) is 7.16. The molecule has 5 unspecified atom stereocenters. The highest BCUT2D eigenvalue weighted by atomic mass is 16.7. The van der Waals surface area contributed by atoms with E-state index in [0.29, 0.717) is 16.5 Å². The summed E-state index contributed by atoms with van der Waals surface area (Å²) in [5.74, 6) is -0.617. The molecule has 2 heterocycles. The number of ether oxygens (including phenoxy) is 2. The molecule has 1 aliphatic rings. The molecule has 0 amide bonds. The van der Waals surface area contributed by atoms with Gasteiger partial charge in [-0.1, -0.05) is 11.6 Å². The van der Waals surface area contributed by atoms with E-state index in [9.17, 15) is 35.4 Å². The molecule has 5 atom stereocenters. The zero-order chi connectivity index (χ0) is 22.0. The van der Waals surface area contributed by atoms with Gasteiger partial charge >= 0.3 is 5.63 Å². The normalized spacial score (nSPS) is 27.5. The van der Waals surface area contributed by atoms with Crippen LogP contribution in [0, 0.1) is 0 Å². The number of benzene rings is 1. The van der Waals surface area contributed by atoms with Gasteiger partial charge in [0.2, 0.25) is 5.75 Å². The minimum atomic E-state index is -1.53. The van der Waals surface area contributed by atoms with E-state index >= 15 is 0 Å². The highest BCUT2D eigenvalue weighted by molar-refractivity contribution is 5.83. The Hall–Kier alpha value is -2.47. The fraction of sp³-hybridized carbons (Fsp3) is 0.450. The molecule has 10 heteroatoms. The van der Waals surface area contributed by atoms with Gasteiger partial charge in [-0.05, 0) is 31.5 Å². The zero-order valence-electron chi connectivity index (χ0n) is 16.1. The third-order valence-corrected chi connectivity index (χ3v) is 4.94. The van der Waals surface area contributed by atoms with Crippen LogP contribution in [0.2, 0.25) is 0 Å². The summed E-state index contributed by atoms with van der Waals surface area (Å²) in [4.78, 5) is 11.6. The largest absolute Gasteiger partial charge is 0.508 e. The SMILES string of the molecule is CC(=CCc1c(O)ccc2cc(O)c(=O)oc12)COC1OC(CO)C(O)C(O)C1O. The minimum Gasteiger partial charge on any atom is -0.508 e. The predicted octanol–water partition coefficient (Wildman–Crippen LogP) is -0.491. The summed E-state index contributed by atoms with van der Waals surface area (Å²) in [6.45, 7) is 1.15. The van der Waals surface area contributed by atoms with Crippen LogP contribution >= 0.6 is 0 Å². The molecular formula is C20H24O10. The molecule has 1 aromatic heterocycles. The molecule has 0 saturated carbocycles. The average Bonchev–Trinajstić information content (AvgIpc) is 2.72. The molecular weight excluding hydrogens is 400 g/mol. The van der Waals surface area contributed by atoms with Crippen LogP contribution in [0.1, 0.15) is 12.5 Å².